The number of nitrogens with one attached hydrogen (secondary N) is 1. The molecule has 2 atom stereocenters. The van der Waals surface area contributed by atoms with Crippen LogP contribution in [0, 0.1) is 6.92 Å². The molecule has 0 saturated heterocycles. The summed E-state index contributed by atoms with van der Waals surface area (Å²) >= 11 is 3.47. The lowest BCUT2D eigenvalue weighted by atomic mass is 9.96. The van der Waals surface area contributed by atoms with Gasteiger partial charge in [0, 0.05) is 16.6 Å². The number of aliphatic hydroxyl groups excluding tert-OH is 1. The molecule has 2 nitrogen and oxygen atoms in total. The maximum atomic E-state index is 10.7. The van der Waals surface area contributed by atoms with Crippen LogP contribution in [0.5, 0.6) is 0 Å². The zero-order valence-corrected chi connectivity index (χ0v) is 15.8. The summed E-state index contributed by atoms with van der Waals surface area (Å²) in [6.45, 7) is 2.05. The van der Waals surface area contributed by atoms with Crippen LogP contribution in [0.1, 0.15) is 35.3 Å². The Morgan fingerprint density at radius 1 is 0.840 bits per heavy atom. The smallest absolute Gasteiger partial charge is 0.0812 e. The van der Waals surface area contributed by atoms with Crippen LogP contribution in [0.15, 0.2) is 83.3 Å². The number of halogens is 1. The summed E-state index contributed by atoms with van der Waals surface area (Å²) in [5, 5.41) is 14.3. The monoisotopic (exact) mass is 395 g/mol. The number of anilines is 1. The molecule has 0 fully saturated rings. The fraction of sp³-hybridized carbons (Fsp3) is 0.182. The van der Waals surface area contributed by atoms with Crippen molar-refractivity contribution in [3.63, 3.8) is 0 Å². The molecule has 0 spiro atoms. The van der Waals surface area contributed by atoms with Crippen LogP contribution in [0.2, 0.25) is 0 Å². The molecule has 2 N–H and O–H groups in total. The van der Waals surface area contributed by atoms with E-state index in [4.69, 9.17) is 0 Å². The van der Waals surface area contributed by atoms with Crippen LogP contribution in [-0.2, 0) is 0 Å². The molecule has 3 aromatic rings. The van der Waals surface area contributed by atoms with Gasteiger partial charge in [-0.1, -0.05) is 76.1 Å². The highest BCUT2D eigenvalue weighted by molar-refractivity contribution is 9.10. The average molecular weight is 396 g/mol. The molecule has 0 aliphatic heterocycles. The molecule has 0 saturated carbocycles. The standard InChI is InChI=1S/C22H22BrNO/c1-16-7-9-18(10-8-16)22(25)15-21(17-5-3-2-4-6-17)24-20-13-11-19(23)12-14-20/h2-14,21-22,24-25H,15H2,1H3. The van der Waals surface area contributed by atoms with E-state index in [0.29, 0.717) is 6.42 Å². The van der Waals surface area contributed by atoms with Gasteiger partial charge in [-0.05, 0) is 42.3 Å². The molecular formula is C22H22BrNO. The fourth-order valence-corrected chi connectivity index (χ4v) is 3.12. The molecule has 128 valence electrons. The van der Waals surface area contributed by atoms with E-state index in [1.807, 2.05) is 66.7 Å². The van der Waals surface area contributed by atoms with E-state index >= 15 is 0 Å². The van der Waals surface area contributed by atoms with Crippen molar-refractivity contribution in [1.82, 2.24) is 0 Å². The molecule has 0 aromatic heterocycles. The summed E-state index contributed by atoms with van der Waals surface area (Å²) in [7, 11) is 0. The van der Waals surface area contributed by atoms with Crippen molar-refractivity contribution in [1.29, 1.82) is 0 Å². The summed E-state index contributed by atoms with van der Waals surface area (Å²) in [4.78, 5) is 0. The van der Waals surface area contributed by atoms with Crippen molar-refractivity contribution in [2.45, 2.75) is 25.5 Å². The molecule has 3 aromatic carbocycles. The lowest BCUT2D eigenvalue weighted by Crippen LogP contribution is -2.14. The maximum absolute atomic E-state index is 10.7. The van der Waals surface area contributed by atoms with Gasteiger partial charge in [0.2, 0.25) is 0 Å². The van der Waals surface area contributed by atoms with Crippen LogP contribution in [0.3, 0.4) is 0 Å². The van der Waals surface area contributed by atoms with E-state index < -0.39 is 6.10 Å². The molecule has 25 heavy (non-hydrogen) atoms. The van der Waals surface area contributed by atoms with Gasteiger partial charge in [0.1, 0.15) is 0 Å². The number of hydrogen-bond donors (Lipinski definition) is 2. The highest BCUT2D eigenvalue weighted by atomic mass is 79.9. The minimum Gasteiger partial charge on any atom is -0.388 e. The number of rotatable bonds is 6. The van der Waals surface area contributed by atoms with E-state index in [2.05, 4.69) is 40.3 Å². The van der Waals surface area contributed by atoms with Gasteiger partial charge in [0.05, 0.1) is 12.1 Å². The van der Waals surface area contributed by atoms with Crippen molar-refractivity contribution < 1.29 is 5.11 Å². The molecule has 0 amide bonds. The Labute approximate surface area is 157 Å². The van der Waals surface area contributed by atoms with Gasteiger partial charge in [0.15, 0.2) is 0 Å². The molecular weight excluding hydrogens is 374 g/mol. The van der Waals surface area contributed by atoms with E-state index in [1.54, 1.807) is 0 Å². The Bertz CT molecular complexity index is 785. The first-order chi connectivity index (χ1) is 12.1. The third-order valence-corrected chi connectivity index (χ3v) is 4.84. The summed E-state index contributed by atoms with van der Waals surface area (Å²) in [6, 6.07) is 26.5. The van der Waals surface area contributed by atoms with Gasteiger partial charge in [-0.2, -0.15) is 0 Å². The number of hydrogen-bond acceptors (Lipinski definition) is 2. The predicted octanol–water partition coefficient (Wildman–Crippen LogP) is 6.03. The van der Waals surface area contributed by atoms with Gasteiger partial charge in [-0.25, -0.2) is 0 Å². The van der Waals surface area contributed by atoms with E-state index in [9.17, 15) is 5.11 Å². The highest BCUT2D eigenvalue weighted by Crippen LogP contribution is 2.30. The van der Waals surface area contributed by atoms with Crippen LogP contribution in [0.4, 0.5) is 5.69 Å². The molecule has 0 aliphatic rings. The van der Waals surface area contributed by atoms with Crippen LogP contribution in [-0.4, -0.2) is 5.11 Å². The second kappa shape index (κ2) is 8.32. The average Bonchev–Trinajstić information content (AvgIpc) is 2.64. The molecule has 0 radical (unpaired) electrons. The molecule has 0 bridgehead atoms. The summed E-state index contributed by atoms with van der Waals surface area (Å²) in [5.74, 6) is 0. The number of aryl methyl sites for hydroxylation is 1. The predicted molar refractivity (Wildman–Crippen MR) is 108 cm³/mol. The zero-order chi connectivity index (χ0) is 17.6. The van der Waals surface area contributed by atoms with Gasteiger partial charge >= 0.3 is 0 Å². The first-order valence-corrected chi connectivity index (χ1v) is 9.23. The van der Waals surface area contributed by atoms with E-state index in [-0.39, 0.29) is 6.04 Å². The zero-order valence-electron chi connectivity index (χ0n) is 14.2. The number of benzene rings is 3. The van der Waals surface area contributed by atoms with Crippen molar-refractivity contribution in [3.8, 4) is 0 Å². The molecule has 0 aliphatic carbocycles. The largest absolute Gasteiger partial charge is 0.388 e. The molecule has 2 unspecified atom stereocenters. The van der Waals surface area contributed by atoms with Crippen LogP contribution >= 0.6 is 15.9 Å². The van der Waals surface area contributed by atoms with Crippen molar-refractivity contribution in [2.24, 2.45) is 0 Å². The molecule has 0 heterocycles. The Kier molecular flexibility index (Phi) is 5.90. The lowest BCUT2D eigenvalue weighted by Gasteiger charge is -2.23. The Balaban J connectivity index is 1.81. The normalized spacial score (nSPS) is 13.2. The SMILES string of the molecule is Cc1ccc(C(O)CC(Nc2ccc(Br)cc2)c2ccccc2)cc1. The lowest BCUT2D eigenvalue weighted by molar-refractivity contribution is 0.160. The van der Waals surface area contributed by atoms with Crippen molar-refractivity contribution >= 4 is 21.6 Å². The third-order valence-electron chi connectivity index (χ3n) is 4.31. The van der Waals surface area contributed by atoms with Crippen molar-refractivity contribution in [3.05, 3.63) is 100 Å². The first-order valence-electron chi connectivity index (χ1n) is 8.43. The molecule has 3 rings (SSSR count). The first kappa shape index (κ1) is 17.7. The minimum absolute atomic E-state index is 0.0266. The topological polar surface area (TPSA) is 32.3 Å². The van der Waals surface area contributed by atoms with E-state index in [1.165, 1.54) is 5.56 Å². The van der Waals surface area contributed by atoms with Crippen molar-refractivity contribution in [2.75, 3.05) is 5.32 Å². The van der Waals surface area contributed by atoms with Gasteiger partial charge < -0.3 is 10.4 Å². The number of aliphatic hydroxyl groups is 1. The summed E-state index contributed by atoms with van der Waals surface area (Å²) < 4.78 is 1.05. The third kappa shape index (κ3) is 4.94. The summed E-state index contributed by atoms with van der Waals surface area (Å²) in [5.41, 5.74) is 4.34. The fourth-order valence-electron chi connectivity index (χ4n) is 2.86. The Morgan fingerprint density at radius 3 is 2.12 bits per heavy atom. The maximum Gasteiger partial charge on any atom is 0.0812 e. The second-order valence-corrected chi connectivity index (χ2v) is 7.19. The van der Waals surface area contributed by atoms with Crippen LogP contribution in [0.25, 0.3) is 0 Å². The highest BCUT2D eigenvalue weighted by Gasteiger charge is 2.18. The van der Waals surface area contributed by atoms with Gasteiger partial charge in [0.25, 0.3) is 0 Å². The van der Waals surface area contributed by atoms with E-state index in [0.717, 1.165) is 21.3 Å². The minimum atomic E-state index is -0.520. The second-order valence-electron chi connectivity index (χ2n) is 6.28. The van der Waals surface area contributed by atoms with Gasteiger partial charge in [-0.15, -0.1) is 0 Å². The Morgan fingerprint density at radius 2 is 1.48 bits per heavy atom. The van der Waals surface area contributed by atoms with Crippen LogP contribution < -0.4 is 5.32 Å². The van der Waals surface area contributed by atoms with Gasteiger partial charge in [-0.3, -0.25) is 0 Å². The molecule has 3 heteroatoms. The summed E-state index contributed by atoms with van der Waals surface area (Å²) in [6.07, 6.45) is 0.0807. The Hall–Kier alpha value is -2.10. The quantitative estimate of drug-likeness (QED) is 0.533.